The fourth-order valence-corrected chi connectivity index (χ4v) is 2.99. The molecule has 9 heteroatoms. The molecule has 136 valence electrons. The summed E-state index contributed by atoms with van der Waals surface area (Å²) in [5.74, 6) is 1.61. The van der Waals surface area contributed by atoms with Crippen LogP contribution in [0.1, 0.15) is 55.8 Å². The molecular formula is C16H24N6O3. The van der Waals surface area contributed by atoms with E-state index >= 15 is 0 Å². The number of urea groups is 1. The van der Waals surface area contributed by atoms with Crippen LogP contribution in [-0.2, 0) is 31.2 Å². The molecule has 0 radical (unpaired) electrons. The second kappa shape index (κ2) is 7.64. The second-order valence-electron chi connectivity index (χ2n) is 5.96. The summed E-state index contributed by atoms with van der Waals surface area (Å²) >= 11 is 0. The lowest BCUT2D eigenvalue weighted by Gasteiger charge is -2.08. The Morgan fingerprint density at radius 1 is 1.36 bits per heavy atom. The number of aromatic nitrogens is 4. The van der Waals surface area contributed by atoms with Crippen molar-refractivity contribution in [3.8, 4) is 0 Å². The predicted octanol–water partition coefficient (Wildman–Crippen LogP) is 2.10. The van der Waals surface area contributed by atoms with Crippen LogP contribution < -0.4 is 10.6 Å². The second-order valence-corrected chi connectivity index (χ2v) is 5.96. The first-order chi connectivity index (χ1) is 12.1. The van der Waals surface area contributed by atoms with Crippen molar-refractivity contribution in [2.24, 2.45) is 7.05 Å². The molecule has 2 amide bonds. The molecule has 0 spiro atoms. The van der Waals surface area contributed by atoms with Crippen LogP contribution in [0.15, 0.2) is 4.52 Å². The monoisotopic (exact) mass is 348 g/mol. The fraction of sp³-hybridized carbons (Fsp3) is 0.625. The zero-order valence-corrected chi connectivity index (χ0v) is 14.8. The number of carbonyl (C=O) groups is 1. The number of aryl methyl sites for hydroxylation is 2. The van der Waals surface area contributed by atoms with Crippen molar-refractivity contribution in [2.45, 2.75) is 52.2 Å². The maximum atomic E-state index is 12.2. The molecule has 1 fully saturated rings. The highest BCUT2D eigenvalue weighted by Gasteiger charge is 2.24. The van der Waals surface area contributed by atoms with E-state index in [9.17, 15) is 4.79 Å². The quantitative estimate of drug-likeness (QED) is 0.828. The number of rotatable bonds is 6. The minimum Gasteiger partial charge on any atom is -0.368 e. The summed E-state index contributed by atoms with van der Waals surface area (Å²) in [5, 5.41) is 13.9. The normalized spacial score (nSPS) is 17.0. The van der Waals surface area contributed by atoms with Gasteiger partial charge in [-0.2, -0.15) is 10.1 Å². The van der Waals surface area contributed by atoms with Crippen LogP contribution in [0.25, 0.3) is 0 Å². The minimum absolute atomic E-state index is 0.121. The molecule has 0 saturated carbocycles. The summed E-state index contributed by atoms with van der Waals surface area (Å²) in [4.78, 5) is 16.5. The Hall–Kier alpha value is -2.42. The molecule has 2 N–H and O–H groups in total. The third kappa shape index (κ3) is 3.81. The fourth-order valence-electron chi connectivity index (χ4n) is 2.99. The standard InChI is InChI=1S/C16H24N6O3/c1-4-10-11(5-2)20-22(3)14(10)19-16(23)17-9-13-18-15(25-21-13)12-7-6-8-24-12/h12H,4-9H2,1-3H3,(H2,17,19,23)/t12-/m0/s1. The van der Waals surface area contributed by atoms with Crippen molar-refractivity contribution in [2.75, 3.05) is 11.9 Å². The first kappa shape index (κ1) is 17.4. The SMILES string of the molecule is CCc1nn(C)c(NC(=O)NCc2noc([C@@H]3CCCO3)n2)c1CC. The molecule has 25 heavy (non-hydrogen) atoms. The average molecular weight is 348 g/mol. The minimum atomic E-state index is -0.330. The van der Waals surface area contributed by atoms with Crippen molar-refractivity contribution in [1.29, 1.82) is 0 Å². The molecular weight excluding hydrogens is 324 g/mol. The number of nitrogens with zero attached hydrogens (tertiary/aromatic N) is 4. The van der Waals surface area contributed by atoms with Gasteiger partial charge in [-0.3, -0.25) is 10.00 Å². The highest BCUT2D eigenvalue weighted by atomic mass is 16.5. The lowest BCUT2D eigenvalue weighted by molar-refractivity contribution is 0.0835. The van der Waals surface area contributed by atoms with Gasteiger partial charge in [0.05, 0.1) is 12.2 Å². The molecule has 1 saturated heterocycles. The van der Waals surface area contributed by atoms with Gasteiger partial charge in [0.15, 0.2) is 5.82 Å². The average Bonchev–Trinajstić information content (AvgIpc) is 3.33. The van der Waals surface area contributed by atoms with Gasteiger partial charge < -0.3 is 14.6 Å². The van der Waals surface area contributed by atoms with E-state index in [1.165, 1.54) is 0 Å². The van der Waals surface area contributed by atoms with Gasteiger partial charge in [0, 0.05) is 19.2 Å². The summed E-state index contributed by atoms with van der Waals surface area (Å²) in [6.07, 6.45) is 3.39. The maximum absolute atomic E-state index is 12.2. The molecule has 3 rings (SSSR count). The van der Waals surface area contributed by atoms with Crippen LogP contribution in [0, 0.1) is 0 Å². The molecule has 1 atom stereocenters. The smallest absolute Gasteiger partial charge is 0.320 e. The lowest BCUT2D eigenvalue weighted by Crippen LogP contribution is -2.29. The summed E-state index contributed by atoms with van der Waals surface area (Å²) in [6, 6.07) is -0.330. The van der Waals surface area contributed by atoms with Crippen LogP contribution in [0.5, 0.6) is 0 Å². The number of hydrogen-bond donors (Lipinski definition) is 2. The van der Waals surface area contributed by atoms with Gasteiger partial charge in [0.25, 0.3) is 5.89 Å². The number of hydrogen-bond acceptors (Lipinski definition) is 6. The van der Waals surface area contributed by atoms with Gasteiger partial charge in [-0.1, -0.05) is 19.0 Å². The molecule has 0 aliphatic carbocycles. The molecule has 2 aromatic heterocycles. The lowest BCUT2D eigenvalue weighted by atomic mass is 10.1. The van der Waals surface area contributed by atoms with Gasteiger partial charge in [-0.15, -0.1) is 0 Å². The van der Waals surface area contributed by atoms with E-state index in [2.05, 4.69) is 25.9 Å². The van der Waals surface area contributed by atoms with E-state index in [1.807, 2.05) is 20.9 Å². The van der Waals surface area contributed by atoms with Gasteiger partial charge >= 0.3 is 6.03 Å². The largest absolute Gasteiger partial charge is 0.368 e. The molecule has 2 aromatic rings. The Labute approximate surface area is 146 Å². The molecule has 1 aliphatic rings. The highest BCUT2D eigenvalue weighted by molar-refractivity contribution is 5.89. The number of ether oxygens (including phenoxy) is 1. The van der Waals surface area contributed by atoms with E-state index in [4.69, 9.17) is 9.26 Å². The van der Waals surface area contributed by atoms with Crippen LogP contribution in [-0.4, -0.2) is 32.6 Å². The van der Waals surface area contributed by atoms with Crippen LogP contribution in [0.4, 0.5) is 10.6 Å². The van der Waals surface area contributed by atoms with Crippen LogP contribution in [0.3, 0.4) is 0 Å². The van der Waals surface area contributed by atoms with Gasteiger partial charge in [-0.05, 0) is 25.7 Å². The van der Waals surface area contributed by atoms with Crippen molar-refractivity contribution in [1.82, 2.24) is 25.2 Å². The van der Waals surface area contributed by atoms with Crippen molar-refractivity contribution < 1.29 is 14.1 Å². The molecule has 0 aromatic carbocycles. The number of carbonyl (C=O) groups excluding carboxylic acids is 1. The van der Waals surface area contributed by atoms with E-state index in [0.717, 1.165) is 36.9 Å². The Morgan fingerprint density at radius 2 is 2.20 bits per heavy atom. The molecule has 9 nitrogen and oxygen atoms in total. The summed E-state index contributed by atoms with van der Waals surface area (Å²) in [5.41, 5.74) is 2.06. The molecule has 1 aliphatic heterocycles. The third-order valence-electron chi connectivity index (χ3n) is 4.24. The summed E-state index contributed by atoms with van der Waals surface area (Å²) in [6.45, 7) is 4.99. The first-order valence-electron chi connectivity index (χ1n) is 8.66. The zero-order chi connectivity index (χ0) is 17.8. The predicted molar refractivity (Wildman–Crippen MR) is 90.0 cm³/mol. The van der Waals surface area contributed by atoms with E-state index in [0.29, 0.717) is 24.1 Å². The van der Waals surface area contributed by atoms with Gasteiger partial charge in [0.1, 0.15) is 11.9 Å². The van der Waals surface area contributed by atoms with Gasteiger partial charge in [0.2, 0.25) is 0 Å². The molecule has 0 bridgehead atoms. The number of nitrogens with one attached hydrogen (secondary N) is 2. The highest BCUT2D eigenvalue weighted by Crippen LogP contribution is 2.26. The van der Waals surface area contributed by atoms with Crippen LogP contribution in [0.2, 0.25) is 0 Å². The maximum Gasteiger partial charge on any atom is 0.320 e. The van der Waals surface area contributed by atoms with E-state index in [-0.39, 0.29) is 18.7 Å². The summed E-state index contributed by atoms with van der Waals surface area (Å²) < 4.78 is 12.4. The Balaban J connectivity index is 1.57. The first-order valence-corrected chi connectivity index (χ1v) is 8.66. The van der Waals surface area contributed by atoms with Gasteiger partial charge in [-0.25, -0.2) is 4.79 Å². The topological polar surface area (TPSA) is 107 Å². The van der Waals surface area contributed by atoms with E-state index < -0.39 is 0 Å². The van der Waals surface area contributed by atoms with E-state index in [1.54, 1.807) is 4.68 Å². The Morgan fingerprint density at radius 3 is 2.88 bits per heavy atom. The van der Waals surface area contributed by atoms with Crippen molar-refractivity contribution in [3.05, 3.63) is 23.0 Å². The molecule has 3 heterocycles. The zero-order valence-electron chi connectivity index (χ0n) is 14.8. The van der Waals surface area contributed by atoms with Crippen molar-refractivity contribution in [3.63, 3.8) is 0 Å². The Bertz CT molecular complexity index is 732. The van der Waals surface area contributed by atoms with Crippen LogP contribution >= 0.6 is 0 Å². The Kier molecular flexibility index (Phi) is 5.32. The number of anilines is 1. The number of amides is 2. The summed E-state index contributed by atoms with van der Waals surface area (Å²) in [7, 11) is 1.82. The van der Waals surface area contributed by atoms with Crippen molar-refractivity contribution >= 4 is 11.8 Å². The molecule has 0 unspecified atom stereocenters. The third-order valence-corrected chi connectivity index (χ3v) is 4.24.